The fourth-order valence-electron chi connectivity index (χ4n) is 1.32. The minimum atomic E-state index is -0.388. The van der Waals surface area contributed by atoms with Gasteiger partial charge < -0.3 is 5.11 Å². The first kappa shape index (κ1) is 12.3. The number of rotatable bonds is 5. The monoisotopic (exact) mass is 222 g/mol. The molecule has 0 heterocycles. The van der Waals surface area contributed by atoms with Gasteiger partial charge in [-0.3, -0.25) is 0 Å². The molecule has 0 fully saturated rings. The fraction of sp³-hybridized carbons (Fsp3) is 0.385. The zero-order valence-corrected chi connectivity index (χ0v) is 10.1. The molecule has 15 heavy (non-hydrogen) atoms. The second-order valence-corrected chi connectivity index (χ2v) is 4.99. The van der Waals surface area contributed by atoms with Crippen LogP contribution in [0.3, 0.4) is 0 Å². The van der Waals surface area contributed by atoms with Gasteiger partial charge in [0.1, 0.15) is 0 Å². The first-order valence-corrected chi connectivity index (χ1v) is 6.11. The van der Waals surface area contributed by atoms with Crippen LogP contribution >= 0.6 is 11.8 Å². The number of thioether (sulfide) groups is 1. The van der Waals surface area contributed by atoms with Gasteiger partial charge in [-0.25, -0.2) is 0 Å². The van der Waals surface area contributed by atoms with Crippen molar-refractivity contribution in [1.29, 1.82) is 0 Å². The van der Waals surface area contributed by atoms with E-state index < -0.39 is 0 Å². The van der Waals surface area contributed by atoms with Crippen LogP contribution < -0.4 is 0 Å². The van der Waals surface area contributed by atoms with Crippen LogP contribution in [0.25, 0.3) is 0 Å². The van der Waals surface area contributed by atoms with Gasteiger partial charge >= 0.3 is 0 Å². The number of aliphatic hydroxyl groups excluding tert-OH is 1. The van der Waals surface area contributed by atoms with E-state index in [2.05, 4.69) is 25.6 Å². The molecule has 0 spiro atoms. The third kappa shape index (κ3) is 4.10. The molecule has 0 bridgehead atoms. The maximum atomic E-state index is 9.76. The van der Waals surface area contributed by atoms with Gasteiger partial charge in [0.05, 0.1) is 6.10 Å². The van der Waals surface area contributed by atoms with E-state index in [1.165, 1.54) is 4.90 Å². The highest BCUT2D eigenvalue weighted by atomic mass is 32.2. The molecule has 1 aromatic carbocycles. The van der Waals surface area contributed by atoms with Gasteiger partial charge in [-0.1, -0.05) is 37.3 Å². The first-order chi connectivity index (χ1) is 7.11. The molecule has 2 heteroatoms. The normalized spacial score (nSPS) is 14.6. The molecule has 0 aromatic heterocycles. The summed E-state index contributed by atoms with van der Waals surface area (Å²) in [6.07, 6.45) is -0.388. The zero-order chi connectivity index (χ0) is 11.3. The molecular weight excluding hydrogens is 204 g/mol. The van der Waals surface area contributed by atoms with E-state index in [4.69, 9.17) is 0 Å². The molecule has 1 aromatic rings. The number of benzene rings is 1. The molecule has 0 saturated carbocycles. The van der Waals surface area contributed by atoms with Gasteiger partial charge in [-0.15, -0.1) is 11.8 Å². The van der Waals surface area contributed by atoms with Crippen LogP contribution in [-0.2, 0) is 0 Å². The Hall–Kier alpha value is -0.730. The lowest BCUT2D eigenvalue weighted by Crippen LogP contribution is -2.20. The third-order valence-electron chi connectivity index (χ3n) is 2.30. The average molecular weight is 222 g/mol. The molecule has 1 rings (SSSR count). The maximum absolute atomic E-state index is 9.76. The average Bonchev–Trinajstić information content (AvgIpc) is 2.26. The SMILES string of the molecule is C=C(C)[C@@H](O)[C@@H](C)CSc1ccccc1. The molecule has 1 nitrogen and oxygen atoms in total. The van der Waals surface area contributed by atoms with Gasteiger partial charge in [0, 0.05) is 10.6 Å². The van der Waals surface area contributed by atoms with Crippen molar-refractivity contribution < 1.29 is 5.11 Å². The second kappa shape index (κ2) is 5.99. The van der Waals surface area contributed by atoms with Crippen molar-refractivity contribution in [2.24, 2.45) is 5.92 Å². The number of hydrogen-bond acceptors (Lipinski definition) is 2. The fourth-order valence-corrected chi connectivity index (χ4v) is 2.31. The van der Waals surface area contributed by atoms with E-state index in [-0.39, 0.29) is 12.0 Å². The Morgan fingerprint density at radius 3 is 2.53 bits per heavy atom. The molecule has 1 N–H and O–H groups in total. The Bertz CT molecular complexity index is 308. The summed E-state index contributed by atoms with van der Waals surface area (Å²) in [4.78, 5) is 1.25. The topological polar surface area (TPSA) is 20.2 Å². The Morgan fingerprint density at radius 1 is 1.40 bits per heavy atom. The van der Waals surface area contributed by atoms with Crippen molar-refractivity contribution in [2.45, 2.75) is 24.8 Å². The van der Waals surface area contributed by atoms with Crippen LogP contribution in [0.15, 0.2) is 47.4 Å². The molecule has 0 radical (unpaired) electrons. The smallest absolute Gasteiger partial charge is 0.0778 e. The van der Waals surface area contributed by atoms with E-state index in [1.54, 1.807) is 11.8 Å². The van der Waals surface area contributed by atoms with E-state index in [9.17, 15) is 5.11 Å². The third-order valence-corrected chi connectivity index (χ3v) is 3.60. The first-order valence-electron chi connectivity index (χ1n) is 5.12. The minimum Gasteiger partial charge on any atom is -0.388 e. The highest BCUT2D eigenvalue weighted by Crippen LogP contribution is 2.23. The highest BCUT2D eigenvalue weighted by Gasteiger charge is 2.14. The molecule has 0 saturated heterocycles. The Kier molecular flexibility index (Phi) is 4.92. The van der Waals surface area contributed by atoms with Crippen LogP contribution in [0, 0.1) is 5.92 Å². The van der Waals surface area contributed by atoms with Gasteiger partial charge in [0.25, 0.3) is 0 Å². The van der Waals surface area contributed by atoms with Crippen LogP contribution in [0.5, 0.6) is 0 Å². The van der Waals surface area contributed by atoms with Gasteiger partial charge in [0.15, 0.2) is 0 Å². The van der Waals surface area contributed by atoms with Crippen molar-refractivity contribution in [3.05, 3.63) is 42.5 Å². The van der Waals surface area contributed by atoms with Crippen molar-refractivity contribution >= 4 is 11.8 Å². The van der Waals surface area contributed by atoms with Crippen LogP contribution in [0.1, 0.15) is 13.8 Å². The summed E-state index contributed by atoms with van der Waals surface area (Å²) >= 11 is 1.77. The lowest BCUT2D eigenvalue weighted by atomic mass is 10.0. The van der Waals surface area contributed by atoms with E-state index in [0.717, 1.165) is 11.3 Å². The van der Waals surface area contributed by atoms with E-state index in [0.29, 0.717) is 0 Å². The van der Waals surface area contributed by atoms with Gasteiger partial charge in [0.2, 0.25) is 0 Å². The predicted octanol–water partition coefficient (Wildman–Crippen LogP) is 3.35. The minimum absolute atomic E-state index is 0.243. The van der Waals surface area contributed by atoms with Crippen molar-refractivity contribution in [3.8, 4) is 0 Å². The van der Waals surface area contributed by atoms with E-state index in [1.807, 2.05) is 25.1 Å². The maximum Gasteiger partial charge on any atom is 0.0778 e. The molecule has 2 atom stereocenters. The van der Waals surface area contributed by atoms with Crippen molar-refractivity contribution in [3.63, 3.8) is 0 Å². The Morgan fingerprint density at radius 2 is 2.00 bits per heavy atom. The lowest BCUT2D eigenvalue weighted by molar-refractivity contribution is 0.163. The standard InChI is InChI=1S/C13H18OS/c1-10(2)13(14)11(3)9-15-12-7-5-4-6-8-12/h4-8,11,13-14H,1,9H2,2-3H3/t11-,13+/m0/s1. The summed E-state index contributed by atoms with van der Waals surface area (Å²) < 4.78 is 0. The Balaban J connectivity index is 2.41. The summed E-state index contributed by atoms with van der Waals surface area (Å²) in [5, 5.41) is 9.76. The van der Waals surface area contributed by atoms with Gasteiger partial charge in [-0.2, -0.15) is 0 Å². The summed E-state index contributed by atoms with van der Waals surface area (Å²) in [7, 11) is 0. The largest absolute Gasteiger partial charge is 0.388 e. The summed E-state index contributed by atoms with van der Waals surface area (Å²) in [6, 6.07) is 10.2. The van der Waals surface area contributed by atoms with Crippen molar-refractivity contribution in [2.75, 3.05) is 5.75 Å². The molecule has 0 aliphatic rings. The van der Waals surface area contributed by atoms with Gasteiger partial charge in [-0.05, 0) is 25.0 Å². The summed E-state index contributed by atoms with van der Waals surface area (Å²) in [6.45, 7) is 7.69. The van der Waals surface area contributed by atoms with Crippen LogP contribution in [0.2, 0.25) is 0 Å². The molecule has 82 valence electrons. The number of aliphatic hydroxyl groups is 1. The predicted molar refractivity (Wildman–Crippen MR) is 67.2 cm³/mol. The highest BCUT2D eigenvalue weighted by molar-refractivity contribution is 7.99. The lowest BCUT2D eigenvalue weighted by Gasteiger charge is -2.18. The molecule has 0 aliphatic carbocycles. The quantitative estimate of drug-likeness (QED) is 0.609. The molecule has 0 amide bonds. The van der Waals surface area contributed by atoms with Crippen molar-refractivity contribution in [1.82, 2.24) is 0 Å². The second-order valence-electron chi connectivity index (χ2n) is 3.89. The number of hydrogen-bond donors (Lipinski definition) is 1. The molecule has 0 unspecified atom stereocenters. The Labute approximate surface area is 96.2 Å². The molecular formula is C13H18OS. The summed E-state index contributed by atoms with van der Waals surface area (Å²) in [5.74, 6) is 1.16. The zero-order valence-electron chi connectivity index (χ0n) is 9.31. The van der Waals surface area contributed by atoms with Crippen LogP contribution in [0.4, 0.5) is 0 Å². The molecule has 0 aliphatic heterocycles. The summed E-state index contributed by atoms with van der Waals surface area (Å²) in [5.41, 5.74) is 0.844. The van der Waals surface area contributed by atoms with Crippen LogP contribution in [-0.4, -0.2) is 17.0 Å². The van der Waals surface area contributed by atoms with E-state index >= 15 is 0 Å².